The van der Waals surface area contributed by atoms with Crippen molar-refractivity contribution in [2.45, 2.75) is 25.8 Å². The third-order valence-electron chi connectivity index (χ3n) is 0.697. The van der Waals surface area contributed by atoms with E-state index in [1.165, 1.54) is 6.42 Å². The lowest BCUT2D eigenvalue weighted by molar-refractivity contribution is 0.880. The van der Waals surface area contributed by atoms with Crippen LogP contribution >= 0.6 is 0 Å². The van der Waals surface area contributed by atoms with Crippen molar-refractivity contribution >= 4 is 10.2 Å². The topological polar surface area (TPSA) is 0 Å². The summed E-state index contributed by atoms with van der Waals surface area (Å²) in [6.45, 7) is 4.44. The van der Waals surface area contributed by atoms with Gasteiger partial charge in [-0.25, -0.2) is 0 Å². The molecule has 0 bridgehead atoms. The second-order valence-corrected chi connectivity index (χ2v) is 2.91. The summed E-state index contributed by atoms with van der Waals surface area (Å²) < 4.78 is 0. The normalized spacial score (nSPS) is 15.0. The predicted molar refractivity (Wildman–Crippen MR) is 28.3 cm³/mol. The molecule has 1 atom stereocenters. The van der Waals surface area contributed by atoms with Gasteiger partial charge in [-0.1, -0.05) is 25.8 Å². The summed E-state index contributed by atoms with van der Waals surface area (Å²) in [4.78, 5) is 0. The molecule has 0 fully saturated rings. The molecule has 31 valence electrons. The first-order valence-corrected chi connectivity index (χ1v) is 2.92. The molecular formula is C4H11Si. The fourth-order valence-electron chi connectivity index (χ4n) is 0. The van der Waals surface area contributed by atoms with E-state index in [2.05, 4.69) is 24.1 Å². The Kier molecular flexibility index (Phi) is 2.56. The molecule has 0 rings (SSSR count). The van der Waals surface area contributed by atoms with Crippen LogP contribution in [0.3, 0.4) is 0 Å². The molecule has 1 radical (unpaired) electrons. The lowest BCUT2D eigenvalue weighted by Gasteiger charge is -1.90. The highest BCUT2D eigenvalue weighted by Gasteiger charge is 1.80. The Labute approximate surface area is 37.0 Å². The van der Waals surface area contributed by atoms with Crippen molar-refractivity contribution in [1.82, 2.24) is 0 Å². The first kappa shape index (κ1) is 5.22. The maximum absolute atomic E-state index is 2.23. The van der Waals surface area contributed by atoms with E-state index in [0.717, 1.165) is 5.54 Å². The molecule has 0 aliphatic carbocycles. The van der Waals surface area contributed by atoms with E-state index < -0.39 is 0 Å². The van der Waals surface area contributed by atoms with Crippen LogP contribution in [0.15, 0.2) is 0 Å². The third kappa shape index (κ3) is 4.22. The molecule has 1 heteroatoms. The molecule has 0 aromatic carbocycles. The second-order valence-electron chi connectivity index (χ2n) is 1.51. The van der Waals surface area contributed by atoms with Crippen molar-refractivity contribution in [3.8, 4) is 0 Å². The molecule has 0 N–H and O–H groups in total. The average molecular weight is 87.2 g/mol. The molecule has 0 heterocycles. The zero-order valence-electron chi connectivity index (χ0n) is 3.99. The summed E-state index contributed by atoms with van der Waals surface area (Å²) in [5.74, 6) is 0. The molecule has 0 spiro atoms. The van der Waals surface area contributed by atoms with Crippen molar-refractivity contribution in [2.75, 3.05) is 0 Å². The highest BCUT2D eigenvalue weighted by atomic mass is 28.1. The first-order valence-electron chi connectivity index (χ1n) is 2.10. The zero-order valence-corrected chi connectivity index (χ0v) is 5.41. The Bertz CT molecular complexity index is 17.6. The Morgan fingerprint density at radius 2 is 2.00 bits per heavy atom. The molecule has 0 saturated heterocycles. The standard InChI is InChI=1S/C4H11Si/c1-3-4(2)5/h4H,3,5H2,1-2H3. The van der Waals surface area contributed by atoms with Gasteiger partial charge >= 0.3 is 0 Å². The Hall–Kier alpha value is 0.217. The maximum Gasteiger partial charge on any atom is 0.0117 e. The molecule has 0 saturated carbocycles. The van der Waals surface area contributed by atoms with Gasteiger partial charge in [0.05, 0.1) is 0 Å². The molecule has 5 heavy (non-hydrogen) atoms. The Morgan fingerprint density at radius 3 is 2.00 bits per heavy atom. The van der Waals surface area contributed by atoms with Gasteiger partial charge in [0.25, 0.3) is 0 Å². The number of hydrogen-bond donors (Lipinski definition) is 0. The van der Waals surface area contributed by atoms with Gasteiger partial charge in [-0.3, -0.25) is 0 Å². The van der Waals surface area contributed by atoms with Crippen LogP contribution in [0.1, 0.15) is 20.3 Å². The quantitative estimate of drug-likeness (QED) is 0.416. The highest BCUT2D eigenvalue weighted by Crippen LogP contribution is 1.97. The smallest absolute Gasteiger partial charge is 0.0117 e. The van der Waals surface area contributed by atoms with Crippen LogP contribution in [0.4, 0.5) is 0 Å². The molecule has 0 amide bonds. The Morgan fingerprint density at radius 1 is 1.80 bits per heavy atom. The van der Waals surface area contributed by atoms with Crippen LogP contribution in [-0.2, 0) is 0 Å². The zero-order chi connectivity index (χ0) is 4.28. The van der Waals surface area contributed by atoms with Gasteiger partial charge in [0.15, 0.2) is 0 Å². The van der Waals surface area contributed by atoms with Crippen LogP contribution < -0.4 is 0 Å². The van der Waals surface area contributed by atoms with Crippen molar-refractivity contribution in [2.24, 2.45) is 0 Å². The van der Waals surface area contributed by atoms with Crippen molar-refractivity contribution < 1.29 is 0 Å². The van der Waals surface area contributed by atoms with Crippen LogP contribution in [-0.4, -0.2) is 10.2 Å². The van der Waals surface area contributed by atoms with E-state index in [1.807, 2.05) is 0 Å². The lowest BCUT2D eigenvalue weighted by Crippen LogP contribution is -1.76. The van der Waals surface area contributed by atoms with Gasteiger partial charge < -0.3 is 0 Å². The highest BCUT2D eigenvalue weighted by molar-refractivity contribution is 6.11. The SMILES string of the molecule is CCC(C)[SiH2]. The third-order valence-corrected chi connectivity index (χ3v) is 1.27. The summed E-state index contributed by atoms with van der Waals surface area (Å²) in [6, 6.07) is 0. The van der Waals surface area contributed by atoms with Crippen LogP contribution in [0.25, 0.3) is 0 Å². The minimum absolute atomic E-state index is 0.912. The fraction of sp³-hybridized carbons (Fsp3) is 1.00. The van der Waals surface area contributed by atoms with Crippen molar-refractivity contribution in [1.29, 1.82) is 0 Å². The van der Waals surface area contributed by atoms with Crippen molar-refractivity contribution in [3.05, 3.63) is 0 Å². The number of hydrogen-bond acceptors (Lipinski definition) is 0. The minimum atomic E-state index is 0.912. The van der Waals surface area contributed by atoms with Crippen LogP contribution in [0, 0.1) is 0 Å². The monoisotopic (exact) mass is 87.1 g/mol. The van der Waals surface area contributed by atoms with E-state index in [1.54, 1.807) is 0 Å². The van der Waals surface area contributed by atoms with Gasteiger partial charge in [-0.05, 0) is 0 Å². The van der Waals surface area contributed by atoms with E-state index in [0.29, 0.717) is 0 Å². The van der Waals surface area contributed by atoms with E-state index in [-0.39, 0.29) is 0 Å². The van der Waals surface area contributed by atoms with Gasteiger partial charge in [0.1, 0.15) is 0 Å². The summed E-state index contributed by atoms with van der Waals surface area (Å²) in [7, 11) is 2.05. The summed E-state index contributed by atoms with van der Waals surface area (Å²) in [6.07, 6.45) is 1.32. The average Bonchev–Trinajstić information content (AvgIpc) is 1.38. The summed E-state index contributed by atoms with van der Waals surface area (Å²) >= 11 is 0. The maximum atomic E-state index is 2.23. The fourth-order valence-corrected chi connectivity index (χ4v) is 0. The largest absolute Gasteiger partial charge is 0.0657 e. The first-order chi connectivity index (χ1) is 2.27. The molecule has 1 unspecified atom stereocenters. The molecule has 0 aromatic heterocycles. The lowest BCUT2D eigenvalue weighted by atomic mass is 10.4. The van der Waals surface area contributed by atoms with E-state index in [9.17, 15) is 0 Å². The molecule has 0 aromatic rings. The van der Waals surface area contributed by atoms with Crippen LogP contribution in [0.5, 0.6) is 0 Å². The minimum Gasteiger partial charge on any atom is -0.0657 e. The summed E-state index contributed by atoms with van der Waals surface area (Å²) in [5, 5.41) is 0. The van der Waals surface area contributed by atoms with E-state index in [4.69, 9.17) is 0 Å². The van der Waals surface area contributed by atoms with Gasteiger partial charge in [0, 0.05) is 10.2 Å². The number of rotatable bonds is 1. The molecule has 0 aliphatic heterocycles. The van der Waals surface area contributed by atoms with Gasteiger partial charge in [-0.15, -0.1) is 0 Å². The molecule has 0 aliphatic rings. The predicted octanol–water partition coefficient (Wildman–Crippen LogP) is 0.838. The second kappa shape index (κ2) is 2.45. The van der Waals surface area contributed by atoms with E-state index >= 15 is 0 Å². The molecule has 0 nitrogen and oxygen atoms in total. The van der Waals surface area contributed by atoms with Gasteiger partial charge in [0.2, 0.25) is 0 Å². The van der Waals surface area contributed by atoms with Crippen molar-refractivity contribution in [3.63, 3.8) is 0 Å². The summed E-state index contributed by atoms with van der Waals surface area (Å²) in [5.41, 5.74) is 0.912. The van der Waals surface area contributed by atoms with Crippen LogP contribution in [0.2, 0.25) is 5.54 Å². The Balaban J connectivity index is 2.54. The van der Waals surface area contributed by atoms with Gasteiger partial charge in [-0.2, -0.15) is 0 Å². The molecular weight excluding hydrogens is 76.1 g/mol.